The second-order valence-electron chi connectivity index (χ2n) is 5.12. The molecule has 1 aromatic carbocycles. The van der Waals surface area contributed by atoms with Crippen molar-refractivity contribution in [3.05, 3.63) is 34.9 Å². The average molecular weight is 243 g/mol. The van der Waals surface area contributed by atoms with Crippen LogP contribution in [0.25, 0.3) is 0 Å². The van der Waals surface area contributed by atoms with Gasteiger partial charge in [0.1, 0.15) is 0 Å². The van der Waals surface area contributed by atoms with Gasteiger partial charge in [0.2, 0.25) is 0 Å². The highest BCUT2D eigenvalue weighted by molar-refractivity contribution is 5.36. The molecule has 0 N–H and O–H groups in total. The number of nitrogens with zero attached hydrogens (tertiary/aromatic N) is 1. The van der Waals surface area contributed by atoms with Gasteiger partial charge in [-0.05, 0) is 42.5 Å². The van der Waals surface area contributed by atoms with E-state index in [-0.39, 0.29) is 0 Å². The third-order valence-electron chi connectivity index (χ3n) is 3.51. The van der Waals surface area contributed by atoms with Crippen LogP contribution in [0.5, 0.6) is 0 Å². The van der Waals surface area contributed by atoms with Crippen molar-refractivity contribution in [1.82, 2.24) is 4.90 Å². The fourth-order valence-electron chi connectivity index (χ4n) is 2.36. The highest BCUT2D eigenvalue weighted by Crippen LogP contribution is 2.23. The quantitative estimate of drug-likeness (QED) is 0.690. The average Bonchev–Trinajstić information content (AvgIpc) is 2.35. The van der Waals surface area contributed by atoms with E-state index in [9.17, 15) is 0 Å². The highest BCUT2D eigenvalue weighted by Gasteiger charge is 2.10. The van der Waals surface area contributed by atoms with E-state index in [2.05, 4.69) is 56.7 Å². The number of hydrogen-bond donors (Lipinski definition) is 0. The van der Waals surface area contributed by atoms with Crippen LogP contribution in [-0.2, 0) is 6.42 Å². The molecule has 0 amide bonds. The predicted octanol–water partition coefficient (Wildman–Crippen LogP) is 3.62. The summed E-state index contributed by atoms with van der Waals surface area (Å²) in [5.74, 6) is 3.32. The number of rotatable bonds is 6. The molecule has 0 fully saturated rings. The minimum Gasteiger partial charge on any atom is -0.292 e. The standard InChI is InChI=1S/C17H25N/c1-6-12-18(7-2)13-11-17-15(5)9-8-10-16(17)14(3)4/h1,8-10,14H,7,11-13H2,2-5H3. The number of hydrogen-bond acceptors (Lipinski definition) is 1. The Labute approximate surface area is 112 Å². The number of benzene rings is 1. The van der Waals surface area contributed by atoms with E-state index in [1.165, 1.54) is 16.7 Å². The Morgan fingerprint density at radius 1 is 1.33 bits per heavy atom. The maximum Gasteiger partial charge on any atom is 0.0598 e. The molecule has 0 saturated heterocycles. The molecule has 0 radical (unpaired) electrons. The summed E-state index contributed by atoms with van der Waals surface area (Å²) in [6, 6.07) is 6.62. The summed E-state index contributed by atoms with van der Waals surface area (Å²) in [6.07, 6.45) is 6.48. The van der Waals surface area contributed by atoms with E-state index in [1.54, 1.807) is 0 Å². The maximum atomic E-state index is 5.39. The van der Waals surface area contributed by atoms with E-state index in [4.69, 9.17) is 6.42 Å². The fourth-order valence-corrected chi connectivity index (χ4v) is 2.36. The molecule has 0 saturated carbocycles. The summed E-state index contributed by atoms with van der Waals surface area (Å²) < 4.78 is 0. The molecule has 0 atom stereocenters. The third kappa shape index (κ3) is 3.89. The molecule has 1 aromatic rings. The molecule has 0 aliphatic rings. The molecule has 1 rings (SSSR count). The highest BCUT2D eigenvalue weighted by atomic mass is 15.1. The van der Waals surface area contributed by atoms with Gasteiger partial charge >= 0.3 is 0 Å². The van der Waals surface area contributed by atoms with Crippen molar-refractivity contribution in [2.24, 2.45) is 0 Å². The van der Waals surface area contributed by atoms with Gasteiger partial charge in [-0.1, -0.05) is 44.9 Å². The van der Waals surface area contributed by atoms with Gasteiger partial charge in [-0.3, -0.25) is 4.90 Å². The summed E-state index contributed by atoms with van der Waals surface area (Å²) in [7, 11) is 0. The first kappa shape index (κ1) is 14.8. The molecule has 0 spiro atoms. The number of terminal acetylenes is 1. The van der Waals surface area contributed by atoms with Crippen LogP contribution >= 0.6 is 0 Å². The summed E-state index contributed by atoms with van der Waals surface area (Å²) in [5, 5.41) is 0. The lowest BCUT2D eigenvalue weighted by molar-refractivity contribution is 0.327. The minimum atomic E-state index is 0.586. The van der Waals surface area contributed by atoms with Gasteiger partial charge in [0.15, 0.2) is 0 Å². The summed E-state index contributed by atoms with van der Waals surface area (Å²) in [5.41, 5.74) is 4.38. The first-order valence-electron chi connectivity index (χ1n) is 6.84. The predicted molar refractivity (Wildman–Crippen MR) is 79.9 cm³/mol. The van der Waals surface area contributed by atoms with Gasteiger partial charge in [0, 0.05) is 6.54 Å². The monoisotopic (exact) mass is 243 g/mol. The van der Waals surface area contributed by atoms with Gasteiger partial charge in [-0.2, -0.15) is 0 Å². The van der Waals surface area contributed by atoms with Crippen LogP contribution in [0.4, 0.5) is 0 Å². The van der Waals surface area contributed by atoms with E-state index < -0.39 is 0 Å². The molecule has 0 aliphatic carbocycles. The van der Waals surface area contributed by atoms with Crippen LogP contribution in [0.3, 0.4) is 0 Å². The van der Waals surface area contributed by atoms with Gasteiger partial charge < -0.3 is 0 Å². The van der Waals surface area contributed by atoms with Gasteiger partial charge in [-0.15, -0.1) is 6.42 Å². The zero-order valence-corrected chi connectivity index (χ0v) is 12.2. The van der Waals surface area contributed by atoms with Crippen molar-refractivity contribution in [3.63, 3.8) is 0 Å². The van der Waals surface area contributed by atoms with Crippen molar-refractivity contribution in [2.45, 2.75) is 40.0 Å². The Balaban J connectivity index is 2.80. The Kier molecular flexibility index (Phi) is 5.95. The lowest BCUT2D eigenvalue weighted by atomic mass is 9.92. The van der Waals surface area contributed by atoms with Crippen LogP contribution < -0.4 is 0 Å². The normalized spacial score (nSPS) is 10.9. The zero-order valence-electron chi connectivity index (χ0n) is 12.2. The van der Waals surface area contributed by atoms with E-state index in [0.717, 1.165) is 26.1 Å². The summed E-state index contributed by atoms with van der Waals surface area (Å²) >= 11 is 0. The van der Waals surface area contributed by atoms with Gasteiger partial charge in [0.25, 0.3) is 0 Å². The fraction of sp³-hybridized carbons (Fsp3) is 0.529. The molecule has 98 valence electrons. The molecular weight excluding hydrogens is 218 g/mol. The second kappa shape index (κ2) is 7.24. The smallest absolute Gasteiger partial charge is 0.0598 e. The SMILES string of the molecule is C#CCN(CC)CCc1c(C)cccc1C(C)C. The largest absolute Gasteiger partial charge is 0.292 e. The van der Waals surface area contributed by atoms with Gasteiger partial charge in [-0.25, -0.2) is 0 Å². The lowest BCUT2D eigenvalue weighted by Crippen LogP contribution is -2.26. The molecule has 0 unspecified atom stereocenters. The van der Waals surface area contributed by atoms with Crippen LogP contribution in [0, 0.1) is 19.3 Å². The van der Waals surface area contributed by atoms with Gasteiger partial charge in [0.05, 0.1) is 6.54 Å². The Hall–Kier alpha value is -1.26. The van der Waals surface area contributed by atoms with Crippen LogP contribution in [0.1, 0.15) is 43.4 Å². The molecule has 0 bridgehead atoms. The van der Waals surface area contributed by atoms with Crippen molar-refractivity contribution in [1.29, 1.82) is 0 Å². The van der Waals surface area contributed by atoms with Crippen molar-refractivity contribution >= 4 is 0 Å². The Morgan fingerprint density at radius 3 is 2.61 bits per heavy atom. The molecule has 18 heavy (non-hydrogen) atoms. The zero-order chi connectivity index (χ0) is 13.5. The first-order chi connectivity index (χ1) is 8.60. The van der Waals surface area contributed by atoms with Crippen molar-refractivity contribution in [2.75, 3.05) is 19.6 Å². The van der Waals surface area contributed by atoms with Crippen molar-refractivity contribution in [3.8, 4) is 12.3 Å². The molecule has 0 heterocycles. The van der Waals surface area contributed by atoms with E-state index >= 15 is 0 Å². The molecule has 1 nitrogen and oxygen atoms in total. The summed E-state index contributed by atoms with van der Waals surface area (Å²) in [4.78, 5) is 2.32. The number of aryl methyl sites for hydroxylation is 1. The second-order valence-corrected chi connectivity index (χ2v) is 5.12. The summed E-state index contributed by atoms with van der Waals surface area (Å²) in [6.45, 7) is 11.7. The Morgan fingerprint density at radius 2 is 2.06 bits per heavy atom. The topological polar surface area (TPSA) is 3.24 Å². The van der Waals surface area contributed by atoms with Crippen LogP contribution in [0.2, 0.25) is 0 Å². The van der Waals surface area contributed by atoms with E-state index in [0.29, 0.717) is 5.92 Å². The molecular formula is C17H25N. The molecule has 0 aliphatic heterocycles. The maximum absolute atomic E-state index is 5.39. The number of likely N-dealkylation sites (N-methyl/N-ethyl adjacent to an activating group) is 1. The Bertz CT molecular complexity index is 412. The third-order valence-corrected chi connectivity index (χ3v) is 3.51. The lowest BCUT2D eigenvalue weighted by Gasteiger charge is -2.20. The van der Waals surface area contributed by atoms with Crippen LogP contribution in [-0.4, -0.2) is 24.5 Å². The minimum absolute atomic E-state index is 0.586. The van der Waals surface area contributed by atoms with Crippen molar-refractivity contribution < 1.29 is 0 Å². The molecule has 0 aromatic heterocycles. The van der Waals surface area contributed by atoms with Crippen LogP contribution in [0.15, 0.2) is 18.2 Å². The van der Waals surface area contributed by atoms with E-state index in [1.807, 2.05) is 0 Å². The first-order valence-corrected chi connectivity index (χ1v) is 6.84. The molecule has 1 heteroatoms.